The summed E-state index contributed by atoms with van der Waals surface area (Å²) in [4.78, 5) is 11.8. The first kappa shape index (κ1) is 16.2. The molecule has 0 aromatic carbocycles. The van der Waals surface area contributed by atoms with Crippen LogP contribution in [0.4, 0.5) is 4.79 Å². The van der Waals surface area contributed by atoms with Crippen LogP contribution in [0.5, 0.6) is 0 Å². The fraction of sp³-hybridized carbons (Fsp3) is 0.917. The van der Waals surface area contributed by atoms with Crippen LogP contribution in [0.3, 0.4) is 0 Å². The number of hydrogen-bond acceptors (Lipinski definition) is 6. The predicted octanol–water partition coefficient (Wildman–Crippen LogP) is -1.03. The van der Waals surface area contributed by atoms with Crippen molar-refractivity contribution in [2.24, 2.45) is 5.92 Å². The molecule has 0 aliphatic heterocycles. The number of carbonyl (C=O) groups excluding carboxylic acids is 1. The van der Waals surface area contributed by atoms with E-state index in [-0.39, 0.29) is 0 Å². The molecule has 5 atom stereocenters. The first-order chi connectivity index (χ1) is 8.53. The fourth-order valence-corrected chi connectivity index (χ4v) is 2.34. The number of aliphatic hydroxyl groups excluding tert-OH is 4. The average molecular weight is 277 g/mol. The van der Waals surface area contributed by atoms with Crippen LogP contribution in [-0.4, -0.2) is 62.6 Å². The van der Waals surface area contributed by atoms with E-state index in [4.69, 9.17) is 4.74 Å². The number of rotatable bonds is 2. The Morgan fingerprint density at radius 3 is 2.21 bits per heavy atom. The van der Waals surface area contributed by atoms with Crippen molar-refractivity contribution in [1.29, 1.82) is 0 Å². The summed E-state index contributed by atoms with van der Waals surface area (Å²) >= 11 is 0. The third kappa shape index (κ3) is 3.17. The van der Waals surface area contributed by atoms with Gasteiger partial charge in [-0.05, 0) is 27.7 Å². The van der Waals surface area contributed by atoms with Gasteiger partial charge in [-0.1, -0.05) is 0 Å². The molecule has 19 heavy (non-hydrogen) atoms. The molecule has 1 saturated carbocycles. The van der Waals surface area contributed by atoms with E-state index in [2.05, 4.69) is 5.32 Å². The van der Waals surface area contributed by atoms with Gasteiger partial charge in [0, 0.05) is 5.92 Å². The standard InChI is InChI=1S/C12H23NO6/c1-11(2,3)19-10(18)13-12(4)6(5-14)7(15)8(16)9(12)17/h6-9,14-17H,5H2,1-4H3,(H,13,18)/t6-,7-,8+,9+,12+/m1/s1. The minimum Gasteiger partial charge on any atom is -0.444 e. The van der Waals surface area contributed by atoms with E-state index in [0.29, 0.717) is 0 Å². The summed E-state index contributed by atoms with van der Waals surface area (Å²) < 4.78 is 5.07. The largest absolute Gasteiger partial charge is 0.444 e. The van der Waals surface area contributed by atoms with Crippen LogP contribution < -0.4 is 5.32 Å². The van der Waals surface area contributed by atoms with Gasteiger partial charge in [0.15, 0.2) is 0 Å². The molecule has 0 radical (unpaired) electrons. The molecule has 7 nitrogen and oxygen atoms in total. The minimum atomic E-state index is -1.43. The van der Waals surface area contributed by atoms with Gasteiger partial charge in [-0.2, -0.15) is 0 Å². The van der Waals surface area contributed by atoms with Gasteiger partial charge in [0.1, 0.15) is 17.8 Å². The van der Waals surface area contributed by atoms with Crippen molar-refractivity contribution in [3.8, 4) is 0 Å². The molecule has 1 aliphatic carbocycles. The zero-order chi connectivity index (χ0) is 15.0. The van der Waals surface area contributed by atoms with Gasteiger partial charge in [0.25, 0.3) is 0 Å². The van der Waals surface area contributed by atoms with Gasteiger partial charge in [-0.3, -0.25) is 0 Å². The first-order valence-corrected chi connectivity index (χ1v) is 6.19. The van der Waals surface area contributed by atoms with Gasteiger partial charge >= 0.3 is 6.09 Å². The van der Waals surface area contributed by atoms with Gasteiger partial charge in [-0.25, -0.2) is 4.79 Å². The molecular weight excluding hydrogens is 254 g/mol. The Kier molecular flexibility index (Phi) is 4.46. The van der Waals surface area contributed by atoms with Crippen LogP contribution in [0, 0.1) is 5.92 Å². The van der Waals surface area contributed by atoms with E-state index in [9.17, 15) is 25.2 Å². The monoisotopic (exact) mass is 277 g/mol. The molecule has 0 aromatic heterocycles. The summed E-state index contributed by atoms with van der Waals surface area (Å²) in [6.45, 7) is 6.02. The van der Waals surface area contributed by atoms with E-state index in [1.807, 2.05) is 0 Å². The van der Waals surface area contributed by atoms with E-state index in [1.54, 1.807) is 20.8 Å². The van der Waals surface area contributed by atoms with Crippen molar-refractivity contribution in [3.05, 3.63) is 0 Å². The van der Waals surface area contributed by atoms with Gasteiger partial charge < -0.3 is 30.5 Å². The predicted molar refractivity (Wildman–Crippen MR) is 66.4 cm³/mol. The molecule has 1 amide bonds. The quantitative estimate of drug-likeness (QED) is 0.440. The first-order valence-electron chi connectivity index (χ1n) is 6.19. The Bertz CT molecular complexity index is 342. The number of amides is 1. The maximum absolute atomic E-state index is 11.8. The summed E-state index contributed by atoms with van der Waals surface area (Å²) in [7, 11) is 0. The lowest BCUT2D eigenvalue weighted by molar-refractivity contribution is -0.0352. The molecule has 5 N–H and O–H groups in total. The van der Waals surface area contributed by atoms with Crippen molar-refractivity contribution >= 4 is 6.09 Å². The second-order valence-electron chi connectivity index (χ2n) is 6.12. The van der Waals surface area contributed by atoms with Crippen LogP contribution in [0.1, 0.15) is 27.7 Å². The Hall–Kier alpha value is -0.890. The zero-order valence-corrected chi connectivity index (χ0v) is 11.6. The van der Waals surface area contributed by atoms with Crippen LogP contribution in [0.15, 0.2) is 0 Å². The Morgan fingerprint density at radius 1 is 1.26 bits per heavy atom. The van der Waals surface area contributed by atoms with E-state index < -0.39 is 48.1 Å². The highest BCUT2D eigenvalue weighted by atomic mass is 16.6. The lowest BCUT2D eigenvalue weighted by Gasteiger charge is -2.35. The molecule has 0 spiro atoms. The van der Waals surface area contributed by atoms with Crippen LogP contribution in [0.2, 0.25) is 0 Å². The van der Waals surface area contributed by atoms with Crippen molar-refractivity contribution < 1.29 is 30.0 Å². The maximum Gasteiger partial charge on any atom is 0.408 e. The summed E-state index contributed by atoms with van der Waals surface area (Å²) in [5, 5.41) is 41.0. The highest BCUT2D eigenvalue weighted by Crippen LogP contribution is 2.36. The molecule has 1 rings (SSSR count). The Morgan fingerprint density at radius 2 is 1.79 bits per heavy atom. The van der Waals surface area contributed by atoms with Crippen molar-refractivity contribution in [1.82, 2.24) is 5.32 Å². The molecular formula is C12H23NO6. The molecule has 1 fully saturated rings. The molecule has 1 aliphatic rings. The lowest BCUT2D eigenvalue weighted by Crippen LogP contribution is -2.58. The van der Waals surface area contributed by atoms with Gasteiger partial charge in [0.05, 0.1) is 18.2 Å². The topological polar surface area (TPSA) is 119 Å². The lowest BCUT2D eigenvalue weighted by atomic mass is 9.87. The van der Waals surface area contributed by atoms with Crippen LogP contribution >= 0.6 is 0 Å². The average Bonchev–Trinajstić information content (AvgIpc) is 2.38. The molecule has 0 aromatic rings. The fourth-order valence-electron chi connectivity index (χ4n) is 2.34. The smallest absolute Gasteiger partial charge is 0.408 e. The molecule has 0 unspecified atom stereocenters. The Labute approximate surface area is 112 Å². The zero-order valence-electron chi connectivity index (χ0n) is 11.6. The third-order valence-electron chi connectivity index (χ3n) is 3.44. The summed E-state index contributed by atoms with van der Waals surface area (Å²) in [5.41, 5.74) is -2.08. The second-order valence-corrected chi connectivity index (χ2v) is 6.12. The van der Waals surface area contributed by atoms with E-state index in [0.717, 1.165) is 0 Å². The van der Waals surface area contributed by atoms with Gasteiger partial charge in [-0.15, -0.1) is 0 Å². The second kappa shape index (κ2) is 5.24. The maximum atomic E-state index is 11.8. The molecule has 0 heterocycles. The van der Waals surface area contributed by atoms with Crippen LogP contribution in [-0.2, 0) is 4.74 Å². The normalized spacial score (nSPS) is 39.2. The molecule has 0 saturated heterocycles. The molecule has 0 bridgehead atoms. The highest BCUT2D eigenvalue weighted by Gasteiger charge is 2.57. The number of hydrogen-bond donors (Lipinski definition) is 5. The SMILES string of the molecule is CC(C)(C)OC(=O)N[C@@]1(C)[C@H](CO)[C@@H](O)[C@H](O)[C@@H]1O. The van der Waals surface area contributed by atoms with E-state index in [1.165, 1.54) is 6.92 Å². The van der Waals surface area contributed by atoms with Crippen molar-refractivity contribution in [2.75, 3.05) is 6.61 Å². The summed E-state index contributed by atoms with van der Waals surface area (Å²) in [6, 6.07) is 0. The highest BCUT2D eigenvalue weighted by molar-refractivity contribution is 5.69. The number of aliphatic hydroxyl groups is 4. The van der Waals surface area contributed by atoms with E-state index >= 15 is 0 Å². The molecule has 112 valence electrons. The van der Waals surface area contributed by atoms with Crippen molar-refractivity contribution in [3.63, 3.8) is 0 Å². The third-order valence-corrected chi connectivity index (χ3v) is 3.44. The summed E-state index contributed by atoms with van der Waals surface area (Å²) in [5.74, 6) is -0.884. The Balaban J connectivity index is 2.87. The molecule has 7 heteroatoms. The number of alkyl carbamates (subject to hydrolysis) is 1. The number of carbonyl (C=O) groups is 1. The van der Waals surface area contributed by atoms with Gasteiger partial charge in [0.2, 0.25) is 0 Å². The number of ether oxygens (including phenoxy) is 1. The number of nitrogens with one attached hydrogen (secondary N) is 1. The summed E-state index contributed by atoms with van der Waals surface area (Å²) in [6.07, 6.45) is -4.93. The van der Waals surface area contributed by atoms with Crippen LogP contribution in [0.25, 0.3) is 0 Å². The minimum absolute atomic E-state index is 0.485. The van der Waals surface area contributed by atoms with Crippen molar-refractivity contribution in [2.45, 2.75) is 57.1 Å².